The molecule has 0 fully saturated rings. The lowest BCUT2D eigenvalue weighted by atomic mass is 9.97. The summed E-state index contributed by atoms with van der Waals surface area (Å²) < 4.78 is 0. The molecule has 1 atom stereocenters. The van der Waals surface area contributed by atoms with E-state index in [0.29, 0.717) is 13.0 Å². The fourth-order valence-electron chi connectivity index (χ4n) is 1.60. The molecule has 100 valence electrons. The van der Waals surface area contributed by atoms with Crippen LogP contribution in [0.25, 0.3) is 0 Å². The van der Waals surface area contributed by atoms with Gasteiger partial charge < -0.3 is 10.6 Å². The van der Waals surface area contributed by atoms with Gasteiger partial charge in [0.1, 0.15) is 0 Å². The first kappa shape index (κ1) is 14.5. The molecular formula is C14H23N3O. The molecule has 4 heteroatoms. The van der Waals surface area contributed by atoms with Crippen molar-refractivity contribution in [1.82, 2.24) is 5.32 Å². The van der Waals surface area contributed by atoms with Crippen molar-refractivity contribution in [2.24, 2.45) is 5.73 Å². The number of hydrogen-bond donors (Lipinski definition) is 2. The maximum Gasteiger partial charge on any atom is 0.237 e. The van der Waals surface area contributed by atoms with E-state index >= 15 is 0 Å². The minimum Gasteiger partial charge on any atom is -0.378 e. The molecule has 1 amide bonds. The highest BCUT2D eigenvalue weighted by molar-refractivity contribution is 5.84. The Balaban J connectivity index is 2.66. The third kappa shape index (κ3) is 3.47. The predicted octanol–water partition coefficient (Wildman–Crippen LogP) is 1.50. The average molecular weight is 249 g/mol. The van der Waals surface area contributed by atoms with Gasteiger partial charge >= 0.3 is 0 Å². The smallest absolute Gasteiger partial charge is 0.237 e. The van der Waals surface area contributed by atoms with Gasteiger partial charge in [0.2, 0.25) is 5.91 Å². The average Bonchev–Trinajstić information content (AvgIpc) is 2.36. The topological polar surface area (TPSA) is 58.4 Å². The second kappa shape index (κ2) is 5.87. The summed E-state index contributed by atoms with van der Waals surface area (Å²) in [6.45, 7) is 4.43. The molecule has 18 heavy (non-hydrogen) atoms. The number of carbonyl (C=O) groups is 1. The van der Waals surface area contributed by atoms with E-state index in [4.69, 9.17) is 5.73 Å². The van der Waals surface area contributed by atoms with E-state index in [2.05, 4.69) is 34.5 Å². The molecule has 1 aromatic carbocycles. The summed E-state index contributed by atoms with van der Waals surface area (Å²) in [5.41, 5.74) is 7.06. The quantitative estimate of drug-likeness (QED) is 0.803. The number of primary amides is 1. The van der Waals surface area contributed by atoms with Gasteiger partial charge in [0.15, 0.2) is 0 Å². The highest BCUT2D eigenvalue weighted by Crippen LogP contribution is 2.14. The zero-order valence-corrected chi connectivity index (χ0v) is 11.7. The minimum atomic E-state index is -0.639. The number of benzene rings is 1. The summed E-state index contributed by atoms with van der Waals surface area (Å²) in [5, 5.41) is 3.22. The van der Waals surface area contributed by atoms with E-state index < -0.39 is 5.54 Å². The lowest BCUT2D eigenvalue weighted by Crippen LogP contribution is -2.52. The van der Waals surface area contributed by atoms with Crippen molar-refractivity contribution in [3.8, 4) is 0 Å². The molecular weight excluding hydrogens is 226 g/mol. The van der Waals surface area contributed by atoms with Crippen LogP contribution in [0, 0.1) is 0 Å². The van der Waals surface area contributed by atoms with Crippen LogP contribution in [0.4, 0.5) is 5.69 Å². The Hall–Kier alpha value is -1.55. The third-order valence-electron chi connectivity index (χ3n) is 3.39. The van der Waals surface area contributed by atoms with E-state index in [9.17, 15) is 4.79 Å². The van der Waals surface area contributed by atoms with Gasteiger partial charge in [-0.15, -0.1) is 0 Å². The Kier molecular flexibility index (Phi) is 4.73. The summed E-state index contributed by atoms with van der Waals surface area (Å²) in [7, 11) is 4.02. The van der Waals surface area contributed by atoms with Crippen LogP contribution in [0.5, 0.6) is 0 Å². The van der Waals surface area contributed by atoms with E-state index in [1.54, 1.807) is 0 Å². The second-order valence-corrected chi connectivity index (χ2v) is 4.96. The summed E-state index contributed by atoms with van der Waals surface area (Å²) >= 11 is 0. The van der Waals surface area contributed by atoms with Crippen LogP contribution in [-0.4, -0.2) is 25.5 Å². The molecule has 0 aliphatic heterocycles. The van der Waals surface area contributed by atoms with Crippen LogP contribution in [0.3, 0.4) is 0 Å². The molecule has 0 saturated carbocycles. The first-order chi connectivity index (χ1) is 8.39. The number of nitrogens with two attached hydrogens (primary N) is 1. The van der Waals surface area contributed by atoms with Crippen molar-refractivity contribution >= 4 is 11.6 Å². The molecule has 1 aromatic rings. The van der Waals surface area contributed by atoms with Crippen molar-refractivity contribution < 1.29 is 4.79 Å². The van der Waals surface area contributed by atoms with Crippen LogP contribution in [0.15, 0.2) is 24.3 Å². The Morgan fingerprint density at radius 2 is 1.89 bits per heavy atom. The van der Waals surface area contributed by atoms with E-state index in [0.717, 1.165) is 11.3 Å². The zero-order valence-electron chi connectivity index (χ0n) is 11.7. The molecule has 1 rings (SSSR count). The number of carbonyl (C=O) groups excluding carboxylic acids is 1. The fourth-order valence-corrected chi connectivity index (χ4v) is 1.60. The summed E-state index contributed by atoms with van der Waals surface area (Å²) in [4.78, 5) is 13.4. The Morgan fingerprint density at radius 1 is 1.33 bits per heavy atom. The molecule has 0 spiro atoms. The highest BCUT2D eigenvalue weighted by Gasteiger charge is 2.27. The molecule has 0 aliphatic rings. The largest absolute Gasteiger partial charge is 0.378 e. The van der Waals surface area contributed by atoms with Crippen molar-refractivity contribution in [2.75, 3.05) is 19.0 Å². The van der Waals surface area contributed by atoms with E-state index in [-0.39, 0.29) is 5.91 Å². The normalized spacial score (nSPS) is 14.0. The van der Waals surface area contributed by atoms with Gasteiger partial charge in [-0.2, -0.15) is 0 Å². The number of anilines is 1. The standard InChI is InChI=1S/C14H23N3O/c1-5-14(2,13(15)18)16-10-11-6-8-12(9-7-11)17(3)4/h6-9,16H,5,10H2,1-4H3,(H2,15,18). The van der Waals surface area contributed by atoms with E-state index in [1.165, 1.54) is 0 Å². The van der Waals surface area contributed by atoms with Crippen molar-refractivity contribution in [3.63, 3.8) is 0 Å². The first-order valence-electron chi connectivity index (χ1n) is 6.20. The summed E-state index contributed by atoms with van der Waals surface area (Å²) in [6.07, 6.45) is 0.679. The predicted molar refractivity (Wildman–Crippen MR) is 75.5 cm³/mol. The maximum absolute atomic E-state index is 11.4. The van der Waals surface area contributed by atoms with Crippen molar-refractivity contribution in [2.45, 2.75) is 32.4 Å². The summed E-state index contributed by atoms with van der Waals surface area (Å²) in [6, 6.07) is 8.23. The van der Waals surface area contributed by atoms with Gasteiger partial charge in [-0.25, -0.2) is 0 Å². The van der Waals surface area contributed by atoms with Crippen LogP contribution in [0.2, 0.25) is 0 Å². The molecule has 3 N–H and O–H groups in total. The molecule has 0 heterocycles. The van der Waals surface area contributed by atoms with Gasteiger partial charge in [-0.1, -0.05) is 19.1 Å². The van der Waals surface area contributed by atoms with Crippen LogP contribution < -0.4 is 16.0 Å². The molecule has 0 saturated heterocycles. The van der Waals surface area contributed by atoms with Crippen molar-refractivity contribution in [1.29, 1.82) is 0 Å². The zero-order chi connectivity index (χ0) is 13.8. The number of amides is 1. The number of nitrogens with zero attached hydrogens (tertiary/aromatic N) is 1. The summed E-state index contributed by atoms with van der Waals surface area (Å²) in [5.74, 6) is -0.310. The third-order valence-corrected chi connectivity index (χ3v) is 3.39. The highest BCUT2D eigenvalue weighted by atomic mass is 16.1. The van der Waals surface area contributed by atoms with Gasteiger partial charge in [-0.3, -0.25) is 10.1 Å². The second-order valence-electron chi connectivity index (χ2n) is 4.96. The first-order valence-corrected chi connectivity index (χ1v) is 6.20. The monoisotopic (exact) mass is 249 g/mol. The fraction of sp³-hybridized carbons (Fsp3) is 0.500. The molecule has 0 radical (unpaired) electrons. The lowest BCUT2D eigenvalue weighted by molar-refractivity contribution is -0.124. The molecule has 0 aliphatic carbocycles. The van der Waals surface area contributed by atoms with Crippen LogP contribution in [0.1, 0.15) is 25.8 Å². The van der Waals surface area contributed by atoms with Crippen molar-refractivity contribution in [3.05, 3.63) is 29.8 Å². The number of nitrogens with one attached hydrogen (secondary N) is 1. The van der Waals surface area contributed by atoms with Crippen LogP contribution >= 0.6 is 0 Å². The Bertz CT molecular complexity index is 400. The van der Waals surface area contributed by atoms with Gasteiger partial charge in [0, 0.05) is 26.3 Å². The van der Waals surface area contributed by atoms with Gasteiger partial charge in [0.05, 0.1) is 5.54 Å². The molecule has 1 unspecified atom stereocenters. The van der Waals surface area contributed by atoms with E-state index in [1.807, 2.05) is 27.9 Å². The lowest BCUT2D eigenvalue weighted by Gasteiger charge is -2.26. The number of hydrogen-bond acceptors (Lipinski definition) is 3. The van der Waals surface area contributed by atoms with Crippen LogP contribution in [-0.2, 0) is 11.3 Å². The molecule has 4 nitrogen and oxygen atoms in total. The molecule has 0 bridgehead atoms. The minimum absolute atomic E-state index is 0.310. The number of rotatable bonds is 6. The molecule has 0 aromatic heterocycles. The Labute approximate surface area is 109 Å². The Morgan fingerprint density at radius 3 is 2.28 bits per heavy atom. The van der Waals surface area contributed by atoms with Gasteiger partial charge in [0.25, 0.3) is 0 Å². The maximum atomic E-state index is 11.4. The van der Waals surface area contributed by atoms with Gasteiger partial charge in [-0.05, 0) is 31.0 Å². The SMILES string of the molecule is CCC(C)(NCc1ccc(N(C)C)cc1)C(N)=O.